The van der Waals surface area contributed by atoms with E-state index in [2.05, 4.69) is 19.7 Å². The van der Waals surface area contributed by atoms with Crippen molar-refractivity contribution in [3.05, 3.63) is 51.7 Å². The summed E-state index contributed by atoms with van der Waals surface area (Å²) in [6, 6.07) is 1.51. The van der Waals surface area contributed by atoms with Gasteiger partial charge in [-0.1, -0.05) is 0 Å². The van der Waals surface area contributed by atoms with E-state index < -0.39 is 11.4 Å². The molecule has 0 bridgehead atoms. The minimum atomic E-state index is -1.34. The smallest absolute Gasteiger partial charge is 0.341 e. The zero-order valence-electron chi connectivity index (χ0n) is 21.7. The van der Waals surface area contributed by atoms with Gasteiger partial charge in [-0.25, -0.2) is 19.8 Å². The van der Waals surface area contributed by atoms with E-state index in [1.54, 1.807) is 25.5 Å². The highest BCUT2D eigenvalue weighted by Gasteiger charge is 2.34. The Morgan fingerprint density at radius 2 is 2.08 bits per heavy atom. The first-order valence-corrected chi connectivity index (χ1v) is 13.2. The Hall–Kier alpha value is -4.17. The lowest BCUT2D eigenvalue weighted by molar-refractivity contribution is -0.125. The molecular formula is C25H28N8O5S. The lowest BCUT2D eigenvalue weighted by atomic mass is 9.98. The van der Waals surface area contributed by atoms with Crippen molar-refractivity contribution in [2.75, 3.05) is 44.8 Å². The number of aromatic nitrogens is 4. The molecule has 0 aliphatic carbocycles. The number of ether oxygens (including phenoxy) is 1. The first-order chi connectivity index (χ1) is 18.8. The third kappa shape index (κ3) is 5.12. The van der Waals surface area contributed by atoms with E-state index in [9.17, 15) is 19.5 Å². The molecule has 0 radical (unpaired) electrons. The first-order valence-electron chi connectivity index (χ1n) is 12.4. The third-order valence-electron chi connectivity index (χ3n) is 6.64. The van der Waals surface area contributed by atoms with Crippen molar-refractivity contribution < 1.29 is 19.4 Å². The molecule has 2 aliphatic rings. The van der Waals surface area contributed by atoms with Crippen LogP contribution in [-0.4, -0.2) is 87.0 Å². The van der Waals surface area contributed by atoms with Crippen LogP contribution >= 0.6 is 11.5 Å². The SMILES string of the molecule is CCOCCNC(=O)C1CN(c2cc(C)c3c(=O)c(C(=O)O)cn(-c4nc(C5C=CN=CN5C)ns4)c3n2)C1. The van der Waals surface area contributed by atoms with Crippen LogP contribution in [0.5, 0.6) is 0 Å². The van der Waals surface area contributed by atoms with Crippen LogP contribution in [0.15, 0.2) is 34.3 Å². The molecule has 5 heterocycles. The molecule has 1 saturated heterocycles. The van der Waals surface area contributed by atoms with Crippen molar-refractivity contribution in [1.82, 2.24) is 29.1 Å². The van der Waals surface area contributed by atoms with Gasteiger partial charge < -0.3 is 25.0 Å². The van der Waals surface area contributed by atoms with Gasteiger partial charge in [0, 0.05) is 57.2 Å². The lowest BCUT2D eigenvalue weighted by Gasteiger charge is -2.39. The molecule has 0 saturated carbocycles. The number of nitrogens with one attached hydrogen (secondary N) is 1. The first kappa shape index (κ1) is 26.4. The molecule has 1 fully saturated rings. The molecule has 3 aromatic heterocycles. The van der Waals surface area contributed by atoms with E-state index in [1.807, 2.05) is 29.8 Å². The molecular weight excluding hydrogens is 524 g/mol. The van der Waals surface area contributed by atoms with Crippen molar-refractivity contribution in [2.24, 2.45) is 10.9 Å². The summed E-state index contributed by atoms with van der Waals surface area (Å²) < 4.78 is 11.3. The van der Waals surface area contributed by atoms with Gasteiger partial charge in [0.25, 0.3) is 0 Å². The van der Waals surface area contributed by atoms with Crippen LogP contribution in [0.1, 0.15) is 34.7 Å². The maximum absolute atomic E-state index is 13.1. The summed E-state index contributed by atoms with van der Waals surface area (Å²) in [5.41, 5.74) is -0.137. The minimum absolute atomic E-state index is 0.0420. The molecule has 13 nitrogen and oxygen atoms in total. The Bertz CT molecular complexity index is 1540. The Balaban J connectivity index is 1.48. The van der Waals surface area contributed by atoms with Crippen LogP contribution in [0, 0.1) is 12.8 Å². The maximum Gasteiger partial charge on any atom is 0.341 e. The number of likely N-dealkylation sites (N-methyl/N-ethyl adjacent to an activating group) is 1. The zero-order chi connectivity index (χ0) is 27.7. The number of hydrogen-bond acceptors (Lipinski definition) is 11. The van der Waals surface area contributed by atoms with Crippen molar-refractivity contribution >= 4 is 46.6 Å². The third-order valence-corrected chi connectivity index (χ3v) is 7.37. The Labute approximate surface area is 227 Å². The molecule has 1 amide bonds. The van der Waals surface area contributed by atoms with Crippen molar-refractivity contribution in [3.63, 3.8) is 0 Å². The van der Waals surface area contributed by atoms with Crippen LogP contribution in [-0.2, 0) is 9.53 Å². The molecule has 39 heavy (non-hydrogen) atoms. The van der Waals surface area contributed by atoms with Crippen LogP contribution in [0.25, 0.3) is 16.2 Å². The van der Waals surface area contributed by atoms with E-state index in [-0.39, 0.29) is 34.5 Å². The molecule has 3 aromatic rings. The summed E-state index contributed by atoms with van der Waals surface area (Å²) in [6.45, 7) is 6.11. The highest BCUT2D eigenvalue weighted by molar-refractivity contribution is 7.08. The molecule has 0 spiro atoms. The van der Waals surface area contributed by atoms with Gasteiger partial charge in [-0.15, -0.1) is 0 Å². The number of hydrogen-bond donors (Lipinski definition) is 2. The second-order valence-corrected chi connectivity index (χ2v) is 10.0. The fourth-order valence-corrected chi connectivity index (χ4v) is 5.18. The second kappa shape index (κ2) is 10.9. The number of fused-ring (bicyclic) bond motifs is 1. The Kier molecular flexibility index (Phi) is 7.39. The van der Waals surface area contributed by atoms with Gasteiger partial charge in [0.05, 0.1) is 24.2 Å². The number of anilines is 1. The molecule has 2 aliphatic heterocycles. The number of aryl methyl sites for hydroxylation is 1. The Morgan fingerprint density at radius 1 is 1.28 bits per heavy atom. The minimum Gasteiger partial charge on any atom is -0.477 e. The van der Waals surface area contributed by atoms with Gasteiger partial charge in [0.2, 0.25) is 16.5 Å². The summed E-state index contributed by atoms with van der Waals surface area (Å²) in [5, 5.41) is 13.2. The molecule has 5 rings (SSSR count). The summed E-state index contributed by atoms with van der Waals surface area (Å²) in [4.78, 5) is 54.8. The number of aromatic carboxylic acids is 1. The number of carboxylic acid groups (broad SMARTS) is 1. The summed E-state index contributed by atoms with van der Waals surface area (Å²) >= 11 is 1.08. The normalized spacial score (nSPS) is 17.1. The molecule has 2 N–H and O–H groups in total. The van der Waals surface area contributed by atoms with Gasteiger partial charge in [-0.05, 0) is 31.6 Å². The van der Waals surface area contributed by atoms with Crippen LogP contribution in [0.3, 0.4) is 0 Å². The summed E-state index contributed by atoms with van der Waals surface area (Å²) in [7, 11) is 1.85. The lowest BCUT2D eigenvalue weighted by Crippen LogP contribution is -2.54. The number of rotatable bonds is 9. The van der Waals surface area contributed by atoms with Gasteiger partial charge in [-0.3, -0.25) is 14.2 Å². The molecule has 204 valence electrons. The fourth-order valence-electron chi connectivity index (χ4n) is 4.50. The second-order valence-electron chi connectivity index (χ2n) is 9.28. The van der Waals surface area contributed by atoms with E-state index in [0.29, 0.717) is 55.2 Å². The van der Waals surface area contributed by atoms with E-state index >= 15 is 0 Å². The van der Waals surface area contributed by atoms with E-state index in [0.717, 1.165) is 11.5 Å². The highest BCUT2D eigenvalue weighted by Crippen LogP contribution is 2.29. The number of aliphatic imine (C=N–C) groups is 1. The number of amides is 1. The van der Waals surface area contributed by atoms with Crippen molar-refractivity contribution in [1.29, 1.82) is 0 Å². The van der Waals surface area contributed by atoms with Gasteiger partial charge in [-0.2, -0.15) is 4.37 Å². The highest BCUT2D eigenvalue weighted by atomic mass is 32.1. The van der Waals surface area contributed by atoms with Crippen molar-refractivity contribution in [2.45, 2.75) is 19.9 Å². The number of carboxylic acids is 1. The summed E-state index contributed by atoms with van der Waals surface area (Å²) in [5.74, 6) is -0.464. The molecule has 14 heteroatoms. The quantitative estimate of drug-likeness (QED) is 0.372. The topological polar surface area (TPSA) is 155 Å². The molecule has 0 aromatic carbocycles. The van der Waals surface area contributed by atoms with E-state index in [4.69, 9.17) is 9.72 Å². The standard InChI is InChI=1S/C25H28N8O5S/c1-4-38-8-7-27-23(35)15-10-32(11-15)18-9-14(2)19-20(34)16(24(36)37)12-33(22(19)28-18)25-29-21(30-39-25)17-5-6-26-13-31(17)3/h5-6,9,12-13,15,17H,4,7-8,10-11H2,1-3H3,(H,27,35)(H,36,37). The van der Waals surface area contributed by atoms with Gasteiger partial charge in [0.1, 0.15) is 17.4 Å². The largest absolute Gasteiger partial charge is 0.477 e. The van der Waals surface area contributed by atoms with Gasteiger partial charge >= 0.3 is 5.97 Å². The average molecular weight is 553 g/mol. The van der Waals surface area contributed by atoms with Crippen LogP contribution in [0.2, 0.25) is 0 Å². The van der Waals surface area contributed by atoms with Crippen LogP contribution in [0.4, 0.5) is 5.82 Å². The monoisotopic (exact) mass is 552 g/mol. The van der Waals surface area contributed by atoms with E-state index in [1.165, 1.54) is 10.8 Å². The zero-order valence-corrected chi connectivity index (χ0v) is 22.5. The van der Waals surface area contributed by atoms with Crippen molar-refractivity contribution in [3.8, 4) is 5.13 Å². The number of carbonyl (C=O) groups excluding carboxylic acids is 1. The fraction of sp³-hybridized carbons (Fsp3) is 0.400. The summed E-state index contributed by atoms with van der Waals surface area (Å²) in [6.07, 6.45) is 6.44. The molecule has 1 unspecified atom stereocenters. The Morgan fingerprint density at radius 3 is 2.79 bits per heavy atom. The van der Waals surface area contributed by atoms with Gasteiger partial charge in [0.15, 0.2) is 11.5 Å². The predicted molar refractivity (Wildman–Crippen MR) is 146 cm³/mol. The maximum atomic E-state index is 13.1. The number of pyridine rings is 2. The molecule has 1 atom stereocenters. The predicted octanol–water partition coefficient (Wildman–Crippen LogP) is 1.36. The average Bonchev–Trinajstić information content (AvgIpc) is 3.35. The number of carbonyl (C=O) groups is 2. The number of nitrogens with zero attached hydrogens (tertiary/aromatic N) is 7. The van der Waals surface area contributed by atoms with Crippen LogP contribution < -0.4 is 15.6 Å².